The topological polar surface area (TPSA) is 89.8 Å². The van der Waals surface area contributed by atoms with Crippen molar-refractivity contribution in [1.82, 2.24) is 14.8 Å². The van der Waals surface area contributed by atoms with Gasteiger partial charge in [-0.3, -0.25) is 0 Å². The predicted octanol–water partition coefficient (Wildman–Crippen LogP) is 1.33. The lowest BCUT2D eigenvalue weighted by molar-refractivity contribution is 0.286. The molecule has 1 aromatic carbocycles. The van der Waals surface area contributed by atoms with Crippen molar-refractivity contribution in [3.8, 4) is 11.8 Å². The van der Waals surface area contributed by atoms with Crippen LogP contribution in [-0.2, 0) is 13.2 Å². The molecule has 0 atom stereocenters. The van der Waals surface area contributed by atoms with Crippen LogP contribution in [0.15, 0.2) is 24.5 Å². The monoisotopic (exact) mass is 243 g/mol. The Labute approximate surface area is 105 Å². The average molecular weight is 243 g/mol. The molecule has 0 amide bonds. The molecule has 6 heteroatoms. The third kappa shape index (κ3) is 2.40. The molecular formula is C12H13N5O. The van der Waals surface area contributed by atoms with Gasteiger partial charge in [-0.15, -0.1) is 0 Å². The number of benzene rings is 1. The van der Waals surface area contributed by atoms with Gasteiger partial charge >= 0.3 is 0 Å². The fourth-order valence-corrected chi connectivity index (χ4v) is 1.57. The standard InChI is InChI=1S/C12H13N5O/c1-2-17-12(15-8-16-17)7-18-11-4-3-10(14)5-9(11)6-13/h3-5,8H,2,7,14H2,1H3. The molecule has 0 radical (unpaired) electrons. The Morgan fingerprint density at radius 2 is 2.33 bits per heavy atom. The maximum absolute atomic E-state index is 8.98. The lowest BCUT2D eigenvalue weighted by atomic mass is 10.2. The number of anilines is 1. The van der Waals surface area contributed by atoms with Gasteiger partial charge in [0.25, 0.3) is 0 Å². The Morgan fingerprint density at radius 3 is 3.06 bits per heavy atom. The second-order valence-corrected chi connectivity index (χ2v) is 3.65. The fourth-order valence-electron chi connectivity index (χ4n) is 1.57. The van der Waals surface area contributed by atoms with Crippen LogP contribution in [-0.4, -0.2) is 14.8 Å². The summed E-state index contributed by atoms with van der Waals surface area (Å²) in [6, 6.07) is 7.01. The van der Waals surface area contributed by atoms with Crippen molar-refractivity contribution in [1.29, 1.82) is 5.26 Å². The van der Waals surface area contributed by atoms with Crippen LogP contribution in [0.3, 0.4) is 0 Å². The Morgan fingerprint density at radius 1 is 1.50 bits per heavy atom. The van der Waals surface area contributed by atoms with Crippen LogP contribution in [0.5, 0.6) is 5.75 Å². The minimum absolute atomic E-state index is 0.270. The highest BCUT2D eigenvalue weighted by molar-refractivity contribution is 5.53. The third-order valence-electron chi connectivity index (χ3n) is 2.48. The molecule has 6 nitrogen and oxygen atoms in total. The van der Waals surface area contributed by atoms with E-state index in [0.29, 0.717) is 17.0 Å². The van der Waals surface area contributed by atoms with E-state index < -0.39 is 0 Å². The summed E-state index contributed by atoms with van der Waals surface area (Å²) in [7, 11) is 0. The molecule has 0 spiro atoms. The van der Waals surface area contributed by atoms with Gasteiger partial charge in [-0.05, 0) is 25.1 Å². The number of ether oxygens (including phenoxy) is 1. The minimum atomic E-state index is 0.270. The van der Waals surface area contributed by atoms with Gasteiger partial charge in [0.2, 0.25) is 0 Å². The van der Waals surface area contributed by atoms with Gasteiger partial charge in [0.05, 0.1) is 5.56 Å². The first kappa shape index (κ1) is 11.9. The second-order valence-electron chi connectivity index (χ2n) is 3.65. The van der Waals surface area contributed by atoms with E-state index in [1.165, 1.54) is 6.33 Å². The summed E-state index contributed by atoms with van der Waals surface area (Å²) in [5.41, 5.74) is 6.56. The van der Waals surface area contributed by atoms with Crippen molar-refractivity contribution >= 4 is 5.69 Å². The number of nitrogens with two attached hydrogens (primary N) is 1. The Kier molecular flexibility index (Phi) is 3.44. The summed E-state index contributed by atoms with van der Waals surface area (Å²) in [6.07, 6.45) is 1.48. The van der Waals surface area contributed by atoms with E-state index in [2.05, 4.69) is 10.1 Å². The second kappa shape index (κ2) is 5.19. The maximum Gasteiger partial charge on any atom is 0.164 e. The van der Waals surface area contributed by atoms with Crippen LogP contribution in [0.25, 0.3) is 0 Å². The number of rotatable bonds is 4. The Balaban J connectivity index is 2.14. The van der Waals surface area contributed by atoms with E-state index in [0.717, 1.165) is 12.4 Å². The zero-order chi connectivity index (χ0) is 13.0. The molecule has 0 saturated heterocycles. The highest BCUT2D eigenvalue weighted by Gasteiger charge is 2.07. The summed E-state index contributed by atoms with van der Waals surface area (Å²) in [6.45, 7) is 2.97. The molecule has 1 aromatic heterocycles. The number of aryl methyl sites for hydroxylation is 1. The highest BCUT2D eigenvalue weighted by Crippen LogP contribution is 2.21. The molecule has 0 aliphatic carbocycles. The summed E-state index contributed by atoms with van der Waals surface area (Å²) in [5.74, 6) is 1.22. The Bertz CT molecular complexity index is 584. The molecule has 0 unspecified atom stereocenters. The van der Waals surface area contributed by atoms with Gasteiger partial charge in [-0.1, -0.05) is 0 Å². The third-order valence-corrected chi connectivity index (χ3v) is 2.48. The molecule has 2 N–H and O–H groups in total. The molecule has 18 heavy (non-hydrogen) atoms. The molecule has 0 bridgehead atoms. The van der Waals surface area contributed by atoms with Crippen LogP contribution in [0.4, 0.5) is 5.69 Å². The van der Waals surface area contributed by atoms with Gasteiger partial charge in [0, 0.05) is 12.2 Å². The molecule has 0 fully saturated rings. The van der Waals surface area contributed by atoms with E-state index in [1.807, 2.05) is 13.0 Å². The van der Waals surface area contributed by atoms with Crippen molar-refractivity contribution < 1.29 is 4.74 Å². The first-order valence-corrected chi connectivity index (χ1v) is 5.53. The normalized spacial score (nSPS) is 10.0. The van der Waals surface area contributed by atoms with Crippen molar-refractivity contribution in [3.63, 3.8) is 0 Å². The van der Waals surface area contributed by atoms with E-state index in [4.69, 9.17) is 15.7 Å². The first-order valence-electron chi connectivity index (χ1n) is 5.53. The van der Waals surface area contributed by atoms with E-state index in [9.17, 15) is 0 Å². The number of nitrogens with zero attached hydrogens (tertiary/aromatic N) is 4. The smallest absolute Gasteiger partial charge is 0.164 e. The zero-order valence-corrected chi connectivity index (χ0v) is 10.00. The first-order chi connectivity index (χ1) is 8.74. The number of aromatic nitrogens is 3. The minimum Gasteiger partial charge on any atom is -0.484 e. The van der Waals surface area contributed by atoms with E-state index in [-0.39, 0.29) is 6.61 Å². The van der Waals surface area contributed by atoms with Crippen LogP contribution >= 0.6 is 0 Å². The largest absolute Gasteiger partial charge is 0.484 e. The molecule has 2 rings (SSSR count). The summed E-state index contributed by atoms with van der Waals surface area (Å²) >= 11 is 0. The number of nitrogen functional groups attached to an aromatic ring is 1. The van der Waals surface area contributed by atoms with Crippen LogP contribution in [0.2, 0.25) is 0 Å². The van der Waals surface area contributed by atoms with Crippen molar-refractivity contribution in [2.75, 3.05) is 5.73 Å². The van der Waals surface area contributed by atoms with Crippen molar-refractivity contribution in [3.05, 3.63) is 35.9 Å². The van der Waals surface area contributed by atoms with Crippen LogP contribution in [0, 0.1) is 11.3 Å². The van der Waals surface area contributed by atoms with Gasteiger partial charge in [-0.25, -0.2) is 9.67 Å². The van der Waals surface area contributed by atoms with Crippen LogP contribution in [0.1, 0.15) is 18.3 Å². The number of hydrogen-bond acceptors (Lipinski definition) is 5. The molecule has 2 aromatic rings. The summed E-state index contributed by atoms with van der Waals surface area (Å²) in [5, 5.41) is 13.0. The average Bonchev–Trinajstić information content (AvgIpc) is 2.84. The molecule has 0 saturated carbocycles. The molecule has 92 valence electrons. The molecule has 1 heterocycles. The van der Waals surface area contributed by atoms with E-state index >= 15 is 0 Å². The quantitative estimate of drug-likeness (QED) is 0.818. The number of hydrogen-bond donors (Lipinski definition) is 1. The van der Waals surface area contributed by atoms with Gasteiger partial charge in [0.1, 0.15) is 24.8 Å². The summed E-state index contributed by atoms with van der Waals surface area (Å²) < 4.78 is 7.31. The van der Waals surface area contributed by atoms with Crippen molar-refractivity contribution in [2.45, 2.75) is 20.1 Å². The SMILES string of the molecule is CCn1ncnc1COc1ccc(N)cc1C#N. The zero-order valence-electron chi connectivity index (χ0n) is 10.00. The predicted molar refractivity (Wildman–Crippen MR) is 65.6 cm³/mol. The maximum atomic E-state index is 8.98. The van der Waals surface area contributed by atoms with Crippen LogP contribution < -0.4 is 10.5 Å². The molecule has 0 aliphatic rings. The molecule has 0 aliphatic heterocycles. The summed E-state index contributed by atoms with van der Waals surface area (Å²) in [4.78, 5) is 4.09. The van der Waals surface area contributed by atoms with Gasteiger partial charge < -0.3 is 10.5 Å². The van der Waals surface area contributed by atoms with Gasteiger partial charge in [-0.2, -0.15) is 10.4 Å². The van der Waals surface area contributed by atoms with Gasteiger partial charge in [0.15, 0.2) is 5.82 Å². The lowest BCUT2D eigenvalue weighted by Crippen LogP contribution is -2.07. The lowest BCUT2D eigenvalue weighted by Gasteiger charge is -2.08. The number of nitriles is 1. The fraction of sp³-hybridized carbons (Fsp3) is 0.250. The van der Waals surface area contributed by atoms with Crippen molar-refractivity contribution in [2.24, 2.45) is 0 Å². The van der Waals surface area contributed by atoms with E-state index in [1.54, 1.807) is 22.9 Å². The molecular weight excluding hydrogens is 230 g/mol. The highest BCUT2D eigenvalue weighted by atomic mass is 16.5. The Hall–Kier alpha value is -2.55.